The van der Waals surface area contributed by atoms with Crippen LogP contribution in [0.5, 0.6) is 0 Å². The van der Waals surface area contributed by atoms with Crippen LogP contribution in [-0.4, -0.2) is 52.8 Å². The van der Waals surface area contributed by atoms with Crippen molar-refractivity contribution in [1.82, 2.24) is 14.8 Å². The molecule has 2 aliphatic heterocycles. The van der Waals surface area contributed by atoms with E-state index in [1.807, 2.05) is 4.90 Å². The summed E-state index contributed by atoms with van der Waals surface area (Å²) in [6, 6.07) is 0. The zero-order valence-electron chi connectivity index (χ0n) is 13.1. The first kappa shape index (κ1) is 15.5. The molecule has 0 radical (unpaired) electrons. The van der Waals surface area contributed by atoms with E-state index in [0.29, 0.717) is 12.3 Å². The van der Waals surface area contributed by atoms with Gasteiger partial charge in [0.2, 0.25) is 11.8 Å². The number of hydrogen-bond donors (Lipinski definition) is 0. The van der Waals surface area contributed by atoms with Crippen molar-refractivity contribution in [3.8, 4) is 0 Å². The highest BCUT2D eigenvalue weighted by Crippen LogP contribution is 2.29. The number of amides is 2. The average molecular weight is 321 g/mol. The van der Waals surface area contributed by atoms with Crippen LogP contribution >= 0.6 is 11.3 Å². The zero-order valence-corrected chi connectivity index (χ0v) is 13.9. The first-order valence-corrected chi connectivity index (χ1v) is 9.05. The molecule has 3 rings (SSSR count). The first-order valence-electron chi connectivity index (χ1n) is 8.17. The second kappa shape index (κ2) is 6.77. The van der Waals surface area contributed by atoms with Crippen LogP contribution in [0.25, 0.3) is 0 Å². The molecule has 0 saturated carbocycles. The Kier molecular flexibility index (Phi) is 4.76. The Morgan fingerprint density at radius 3 is 2.95 bits per heavy atom. The van der Waals surface area contributed by atoms with Gasteiger partial charge in [-0.2, -0.15) is 0 Å². The van der Waals surface area contributed by atoms with Crippen LogP contribution in [0.15, 0.2) is 5.38 Å². The number of nitrogens with zero attached hydrogens (tertiary/aromatic N) is 3. The number of aromatic nitrogens is 1. The highest BCUT2D eigenvalue weighted by molar-refractivity contribution is 7.09. The SMILES string of the molecule is CCc1csc([C@H]2CCCN(C(=O)CN3CCCC3=O)C2)n1. The van der Waals surface area contributed by atoms with Crippen LogP contribution in [0, 0.1) is 0 Å². The third kappa shape index (κ3) is 3.32. The third-order valence-corrected chi connectivity index (χ3v) is 5.61. The standard InChI is InChI=1S/C16H23N3O2S/c1-2-13-11-22-16(17-13)12-5-3-7-18(9-12)15(21)10-19-8-4-6-14(19)20/h11-12H,2-10H2,1H3/t12-/m0/s1. The highest BCUT2D eigenvalue weighted by atomic mass is 32.1. The molecule has 0 N–H and O–H groups in total. The summed E-state index contributed by atoms with van der Waals surface area (Å²) in [4.78, 5) is 32.4. The van der Waals surface area contributed by atoms with Gasteiger partial charge in [0.25, 0.3) is 0 Å². The van der Waals surface area contributed by atoms with Crippen molar-refractivity contribution >= 4 is 23.2 Å². The number of carbonyl (C=O) groups is 2. The summed E-state index contributed by atoms with van der Waals surface area (Å²) < 4.78 is 0. The van der Waals surface area contributed by atoms with Gasteiger partial charge in [-0.05, 0) is 25.7 Å². The molecule has 0 unspecified atom stereocenters. The van der Waals surface area contributed by atoms with Gasteiger partial charge in [0.15, 0.2) is 0 Å². The molecule has 2 aliphatic rings. The van der Waals surface area contributed by atoms with E-state index in [-0.39, 0.29) is 18.4 Å². The highest BCUT2D eigenvalue weighted by Gasteiger charge is 2.29. The second-order valence-electron chi connectivity index (χ2n) is 6.13. The zero-order chi connectivity index (χ0) is 15.5. The molecule has 0 aromatic carbocycles. The minimum Gasteiger partial charge on any atom is -0.340 e. The van der Waals surface area contributed by atoms with Crippen molar-refractivity contribution in [1.29, 1.82) is 0 Å². The van der Waals surface area contributed by atoms with Gasteiger partial charge in [-0.3, -0.25) is 9.59 Å². The first-order chi connectivity index (χ1) is 10.7. The number of thiazole rings is 1. The number of likely N-dealkylation sites (tertiary alicyclic amines) is 2. The maximum absolute atomic E-state index is 12.5. The molecule has 6 heteroatoms. The largest absolute Gasteiger partial charge is 0.340 e. The Hall–Kier alpha value is -1.43. The van der Waals surface area contributed by atoms with Crippen molar-refractivity contribution in [2.24, 2.45) is 0 Å². The molecule has 1 aromatic heterocycles. The van der Waals surface area contributed by atoms with Gasteiger partial charge >= 0.3 is 0 Å². The smallest absolute Gasteiger partial charge is 0.242 e. The molecule has 22 heavy (non-hydrogen) atoms. The molecule has 2 saturated heterocycles. The van der Waals surface area contributed by atoms with Crippen molar-refractivity contribution in [2.75, 3.05) is 26.2 Å². The summed E-state index contributed by atoms with van der Waals surface area (Å²) in [6.07, 6.45) is 4.56. The maximum atomic E-state index is 12.5. The molecule has 2 fully saturated rings. The Bertz CT molecular complexity index is 557. The van der Waals surface area contributed by atoms with Gasteiger partial charge in [-0.25, -0.2) is 4.98 Å². The quantitative estimate of drug-likeness (QED) is 0.853. The number of aryl methyl sites for hydroxylation is 1. The van der Waals surface area contributed by atoms with Crippen LogP contribution in [0.3, 0.4) is 0 Å². The van der Waals surface area contributed by atoms with Gasteiger partial charge in [-0.15, -0.1) is 11.3 Å². The van der Waals surface area contributed by atoms with E-state index < -0.39 is 0 Å². The summed E-state index contributed by atoms with van der Waals surface area (Å²) in [5.41, 5.74) is 1.14. The lowest BCUT2D eigenvalue weighted by molar-refractivity contribution is -0.139. The van der Waals surface area contributed by atoms with Crippen molar-refractivity contribution in [3.63, 3.8) is 0 Å². The van der Waals surface area contributed by atoms with Crippen LogP contribution < -0.4 is 0 Å². The summed E-state index contributed by atoms with van der Waals surface area (Å²) in [6.45, 7) is 4.65. The molecule has 1 atom stereocenters. The lowest BCUT2D eigenvalue weighted by atomic mass is 9.98. The van der Waals surface area contributed by atoms with E-state index in [4.69, 9.17) is 0 Å². The number of hydrogen-bond acceptors (Lipinski definition) is 4. The van der Waals surface area contributed by atoms with E-state index in [2.05, 4.69) is 17.3 Å². The fourth-order valence-corrected chi connectivity index (χ4v) is 4.24. The normalized spacial score (nSPS) is 22.4. The summed E-state index contributed by atoms with van der Waals surface area (Å²) in [7, 11) is 0. The van der Waals surface area contributed by atoms with Crippen molar-refractivity contribution < 1.29 is 9.59 Å². The maximum Gasteiger partial charge on any atom is 0.242 e. The van der Waals surface area contributed by atoms with Crippen LogP contribution in [0.2, 0.25) is 0 Å². The van der Waals surface area contributed by atoms with Crippen LogP contribution in [-0.2, 0) is 16.0 Å². The van der Waals surface area contributed by atoms with E-state index in [1.54, 1.807) is 16.2 Å². The summed E-state index contributed by atoms with van der Waals surface area (Å²) in [5.74, 6) is 0.568. The Morgan fingerprint density at radius 2 is 2.27 bits per heavy atom. The molecule has 0 spiro atoms. The molecular formula is C16H23N3O2S. The molecule has 1 aromatic rings. The number of carbonyl (C=O) groups excluding carboxylic acids is 2. The molecule has 5 nitrogen and oxygen atoms in total. The topological polar surface area (TPSA) is 53.5 Å². The molecule has 3 heterocycles. The molecule has 120 valence electrons. The number of piperidine rings is 1. The minimum absolute atomic E-state index is 0.0900. The predicted molar refractivity (Wildman–Crippen MR) is 85.9 cm³/mol. The average Bonchev–Trinajstić information content (AvgIpc) is 3.17. The minimum atomic E-state index is 0.0900. The summed E-state index contributed by atoms with van der Waals surface area (Å²) in [5, 5.41) is 3.28. The molecular weight excluding hydrogens is 298 g/mol. The second-order valence-corrected chi connectivity index (χ2v) is 7.02. The Morgan fingerprint density at radius 1 is 1.41 bits per heavy atom. The van der Waals surface area contributed by atoms with Crippen LogP contribution in [0.1, 0.15) is 49.2 Å². The van der Waals surface area contributed by atoms with Gasteiger partial charge in [0.05, 0.1) is 17.2 Å². The van der Waals surface area contributed by atoms with Gasteiger partial charge in [-0.1, -0.05) is 6.92 Å². The van der Waals surface area contributed by atoms with Gasteiger partial charge in [0, 0.05) is 37.4 Å². The van der Waals surface area contributed by atoms with Gasteiger partial charge < -0.3 is 9.80 Å². The fraction of sp³-hybridized carbons (Fsp3) is 0.688. The van der Waals surface area contributed by atoms with E-state index in [1.165, 1.54) is 0 Å². The van der Waals surface area contributed by atoms with Crippen LogP contribution in [0.4, 0.5) is 0 Å². The number of rotatable bonds is 4. The lowest BCUT2D eigenvalue weighted by Gasteiger charge is -2.33. The fourth-order valence-electron chi connectivity index (χ4n) is 3.21. The predicted octanol–water partition coefficient (Wildman–Crippen LogP) is 2.03. The third-order valence-electron chi connectivity index (χ3n) is 4.55. The Labute approximate surface area is 135 Å². The van der Waals surface area contributed by atoms with E-state index in [9.17, 15) is 9.59 Å². The Balaban J connectivity index is 1.60. The van der Waals surface area contributed by atoms with E-state index >= 15 is 0 Å². The molecule has 2 amide bonds. The van der Waals surface area contributed by atoms with E-state index in [0.717, 1.165) is 56.0 Å². The monoisotopic (exact) mass is 321 g/mol. The van der Waals surface area contributed by atoms with Crippen molar-refractivity contribution in [2.45, 2.75) is 44.9 Å². The van der Waals surface area contributed by atoms with Crippen molar-refractivity contribution in [3.05, 3.63) is 16.1 Å². The molecule has 0 bridgehead atoms. The molecule has 0 aliphatic carbocycles. The van der Waals surface area contributed by atoms with Gasteiger partial charge in [0.1, 0.15) is 0 Å². The summed E-state index contributed by atoms with van der Waals surface area (Å²) >= 11 is 1.71. The lowest BCUT2D eigenvalue weighted by Crippen LogP contribution is -2.44.